The first-order valence-corrected chi connectivity index (χ1v) is 11.6. The molecule has 0 aliphatic carbocycles. The van der Waals surface area contributed by atoms with Crippen molar-refractivity contribution in [2.24, 2.45) is 7.05 Å². The van der Waals surface area contributed by atoms with Crippen LogP contribution in [0.2, 0.25) is 5.02 Å². The zero-order chi connectivity index (χ0) is 22.7. The van der Waals surface area contributed by atoms with Gasteiger partial charge in [-0.25, -0.2) is 4.98 Å². The number of nitrogens with one attached hydrogen (secondary N) is 1. The third-order valence-corrected chi connectivity index (χ3v) is 6.49. The Labute approximate surface area is 196 Å². The van der Waals surface area contributed by atoms with Crippen LogP contribution >= 0.6 is 23.4 Å². The molecule has 0 aliphatic rings. The van der Waals surface area contributed by atoms with Gasteiger partial charge in [0.15, 0.2) is 5.16 Å². The van der Waals surface area contributed by atoms with E-state index in [1.54, 1.807) is 4.68 Å². The van der Waals surface area contributed by atoms with Crippen molar-refractivity contribution in [1.82, 2.24) is 19.3 Å². The number of benzene rings is 2. The quantitative estimate of drug-likeness (QED) is 0.374. The fourth-order valence-corrected chi connectivity index (χ4v) is 4.41. The molecule has 0 bridgehead atoms. The van der Waals surface area contributed by atoms with Gasteiger partial charge in [0.25, 0.3) is 0 Å². The normalized spacial score (nSPS) is 11.0. The van der Waals surface area contributed by atoms with Crippen molar-refractivity contribution in [2.45, 2.75) is 25.5 Å². The number of carbonyl (C=O) groups excluding carboxylic acids is 1. The summed E-state index contributed by atoms with van der Waals surface area (Å²) in [7, 11) is 1.87. The summed E-state index contributed by atoms with van der Waals surface area (Å²) < 4.78 is 3.90. The molecule has 6 nitrogen and oxygen atoms in total. The second kappa shape index (κ2) is 9.63. The first kappa shape index (κ1) is 22.2. The number of carbonyl (C=O) groups is 1. The molecule has 0 unspecified atom stereocenters. The standard InChI is InChI=1S/C24H24ClN5OS/c1-16-23(17(2)29(3)28-16)27-22(31)15-32-24-26-13-21(19-9-11-20(25)12-10-19)30(24)14-18-7-5-4-6-8-18/h4-13H,14-15H2,1-3H3,(H,27,31). The maximum atomic E-state index is 12.7. The highest BCUT2D eigenvalue weighted by Crippen LogP contribution is 2.28. The van der Waals surface area contributed by atoms with Gasteiger partial charge in [-0.15, -0.1) is 0 Å². The third kappa shape index (κ3) is 4.89. The number of rotatable bonds is 7. The van der Waals surface area contributed by atoms with Crippen LogP contribution in [0.15, 0.2) is 66.0 Å². The number of amides is 1. The second-order valence-corrected chi connectivity index (χ2v) is 8.89. The minimum absolute atomic E-state index is 0.0866. The lowest BCUT2D eigenvalue weighted by molar-refractivity contribution is -0.113. The fraction of sp³-hybridized carbons (Fsp3) is 0.208. The van der Waals surface area contributed by atoms with Crippen LogP contribution in [0.4, 0.5) is 5.69 Å². The van der Waals surface area contributed by atoms with Gasteiger partial charge in [0.05, 0.1) is 41.3 Å². The Kier molecular flexibility index (Phi) is 6.67. The summed E-state index contributed by atoms with van der Waals surface area (Å²) in [4.78, 5) is 17.3. The Morgan fingerprint density at radius 2 is 1.81 bits per heavy atom. The molecule has 2 heterocycles. The Hall–Kier alpha value is -3.03. The summed E-state index contributed by atoms with van der Waals surface area (Å²) >= 11 is 7.49. The highest BCUT2D eigenvalue weighted by atomic mass is 35.5. The maximum absolute atomic E-state index is 12.7. The zero-order valence-electron chi connectivity index (χ0n) is 18.2. The van der Waals surface area contributed by atoms with Crippen molar-refractivity contribution in [3.05, 3.63) is 82.8 Å². The smallest absolute Gasteiger partial charge is 0.234 e. The lowest BCUT2D eigenvalue weighted by atomic mass is 10.1. The van der Waals surface area contributed by atoms with Crippen molar-refractivity contribution in [3.8, 4) is 11.3 Å². The van der Waals surface area contributed by atoms with Crippen molar-refractivity contribution >= 4 is 35.0 Å². The molecule has 0 saturated heterocycles. The molecule has 0 atom stereocenters. The van der Waals surface area contributed by atoms with Gasteiger partial charge >= 0.3 is 0 Å². The van der Waals surface area contributed by atoms with E-state index in [0.717, 1.165) is 39.1 Å². The monoisotopic (exact) mass is 465 g/mol. The first-order chi connectivity index (χ1) is 15.4. The summed E-state index contributed by atoms with van der Waals surface area (Å²) in [6, 6.07) is 17.9. The van der Waals surface area contributed by atoms with E-state index in [9.17, 15) is 4.79 Å². The molecule has 4 aromatic rings. The van der Waals surface area contributed by atoms with E-state index in [-0.39, 0.29) is 11.7 Å². The van der Waals surface area contributed by atoms with Crippen LogP contribution in [-0.4, -0.2) is 31.0 Å². The van der Waals surface area contributed by atoms with Crippen molar-refractivity contribution in [2.75, 3.05) is 11.1 Å². The number of thioether (sulfide) groups is 1. The molecule has 0 fully saturated rings. The number of hydrogen-bond acceptors (Lipinski definition) is 4. The predicted octanol–water partition coefficient (Wildman–Crippen LogP) is 5.33. The van der Waals surface area contributed by atoms with Crippen LogP contribution in [0.1, 0.15) is 17.0 Å². The van der Waals surface area contributed by atoms with Crippen LogP contribution in [0.5, 0.6) is 0 Å². The molecule has 2 aromatic carbocycles. The molecule has 0 spiro atoms. The van der Waals surface area contributed by atoms with Crippen LogP contribution in [0.25, 0.3) is 11.3 Å². The average molecular weight is 466 g/mol. The molecule has 164 valence electrons. The van der Waals surface area contributed by atoms with Gasteiger partial charge in [0.1, 0.15) is 0 Å². The Morgan fingerprint density at radius 1 is 1.09 bits per heavy atom. The largest absolute Gasteiger partial charge is 0.322 e. The summed E-state index contributed by atoms with van der Waals surface area (Å²) in [5.74, 6) is 0.163. The lowest BCUT2D eigenvalue weighted by Gasteiger charge is -2.12. The highest BCUT2D eigenvalue weighted by molar-refractivity contribution is 7.99. The molecule has 0 aliphatic heterocycles. The maximum Gasteiger partial charge on any atom is 0.234 e. The van der Waals surface area contributed by atoms with E-state index in [1.807, 2.05) is 69.6 Å². The van der Waals surface area contributed by atoms with Gasteiger partial charge in [-0.3, -0.25) is 9.48 Å². The molecule has 2 aromatic heterocycles. The summed E-state index contributed by atoms with van der Waals surface area (Å²) in [6.45, 7) is 4.48. The van der Waals surface area contributed by atoms with Crippen molar-refractivity contribution in [1.29, 1.82) is 0 Å². The SMILES string of the molecule is Cc1nn(C)c(C)c1NC(=O)CSc1ncc(-c2ccc(Cl)cc2)n1Cc1ccccc1. The molecular formula is C24H24ClN5OS. The Bertz CT molecular complexity index is 1230. The van der Waals surface area contributed by atoms with E-state index in [1.165, 1.54) is 11.8 Å². The number of halogens is 1. The second-order valence-electron chi connectivity index (χ2n) is 7.51. The minimum atomic E-state index is -0.0866. The number of imidazole rings is 1. The van der Waals surface area contributed by atoms with E-state index in [0.29, 0.717) is 11.6 Å². The molecule has 0 radical (unpaired) electrons. The lowest BCUT2D eigenvalue weighted by Crippen LogP contribution is -2.16. The van der Waals surface area contributed by atoms with Crippen LogP contribution in [0, 0.1) is 13.8 Å². The van der Waals surface area contributed by atoms with Crippen molar-refractivity contribution in [3.63, 3.8) is 0 Å². The molecule has 0 saturated carbocycles. The molecular weight excluding hydrogens is 442 g/mol. The number of hydrogen-bond donors (Lipinski definition) is 1. The van der Waals surface area contributed by atoms with Gasteiger partial charge in [-0.05, 0) is 37.1 Å². The predicted molar refractivity (Wildman–Crippen MR) is 130 cm³/mol. The highest BCUT2D eigenvalue weighted by Gasteiger charge is 2.16. The number of aromatic nitrogens is 4. The molecule has 1 amide bonds. The van der Waals surface area contributed by atoms with Crippen molar-refractivity contribution < 1.29 is 4.79 Å². The number of anilines is 1. The van der Waals surface area contributed by atoms with E-state index in [2.05, 4.69) is 32.1 Å². The van der Waals surface area contributed by atoms with Gasteiger partial charge in [0.2, 0.25) is 5.91 Å². The van der Waals surface area contributed by atoms with Gasteiger partial charge in [-0.1, -0.05) is 65.8 Å². The first-order valence-electron chi connectivity index (χ1n) is 10.2. The van der Waals surface area contributed by atoms with Crippen LogP contribution < -0.4 is 5.32 Å². The minimum Gasteiger partial charge on any atom is -0.322 e. The Balaban J connectivity index is 1.56. The summed E-state index contributed by atoms with van der Waals surface area (Å²) in [6.07, 6.45) is 1.85. The van der Waals surface area contributed by atoms with Gasteiger partial charge in [-0.2, -0.15) is 5.10 Å². The third-order valence-electron chi connectivity index (χ3n) is 5.25. The molecule has 4 rings (SSSR count). The van der Waals surface area contributed by atoms with Gasteiger partial charge in [0, 0.05) is 12.1 Å². The molecule has 8 heteroatoms. The zero-order valence-corrected chi connectivity index (χ0v) is 19.7. The average Bonchev–Trinajstić information content (AvgIpc) is 3.29. The topological polar surface area (TPSA) is 64.7 Å². The fourth-order valence-electron chi connectivity index (χ4n) is 3.50. The van der Waals surface area contributed by atoms with Crippen LogP contribution in [0.3, 0.4) is 0 Å². The number of nitrogens with zero attached hydrogens (tertiary/aromatic N) is 4. The van der Waals surface area contributed by atoms with E-state index < -0.39 is 0 Å². The van der Waals surface area contributed by atoms with Crippen LogP contribution in [-0.2, 0) is 18.4 Å². The molecule has 32 heavy (non-hydrogen) atoms. The molecule has 1 N–H and O–H groups in total. The summed E-state index contributed by atoms with van der Waals surface area (Å²) in [5.41, 5.74) is 5.67. The van der Waals surface area contributed by atoms with Gasteiger partial charge < -0.3 is 9.88 Å². The summed E-state index contributed by atoms with van der Waals surface area (Å²) in [5, 5.41) is 8.82. The number of aryl methyl sites for hydroxylation is 2. The Morgan fingerprint density at radius 3 is 2.47 bits per heavy atom. The van der Waals surface area contributed by atoms with E-state index >= 15 is 0 Å². The van der Waals surface area contributed by atoms with E-state index in [4.69, 9.17) is 11.6 Å².